The lowest BCUT2D eigenvalue weighted by molar-refractivity contribution is 0.103. The number of rotatable bonds is 4. The number of nitrogens with one attached hydrogen (secondary N) is 1. The van der Waals surface area contributed by atoms with Gasteiger partial charge >= 0.3 is 0 Å². The Morgan fingerprint density at radius 3 is 2.50 bits per heavy atom. The molecule has 0 saturated carbocycles. The van der Waals surface area contributed by atoms with E-state index in [1.54, 1.807) is 13.2 Å². The van der Waals surface area contributed by atoms with Crippen LogP contribution in [0, 0.1) is 0 Å². The smallest absolute Gasteiger partial charge is 0.120 e. The van der Waals surface area contributed by atoms with Gasteiger partial charge in [-0.05, 0) is 74.7 Å². The maximum Gasteiger partial charge on any atom is 0.120 e. The summed E-state index contributed by atoms with van der Waals surface area (Å²) in [6, 6.07) is 14.3. The summed E-state index contributed by atoms with van der Waals surface area (Å²) in [7, 11) is 1.68. The maximum atomic E-state index is 10.6. The van der Waals surface area contributed by atoms with Crippen LogP contribution in [0.25, 0.3) is 0 Å². The Balaban J connectivity index is 1.70. The molecule has 0 amide bonds. The molecule has 30 heavy (non-hydrogen) atoms. The van der Waals surface area contributed by atoms with Crippen molar-refractivity contribution in [2.75, 3.05) is 20.2 Å². The van der Waals surface area contributed by atoms with Crippen LogP contribution < -0.4 is 10.1 Å². The molecule has 0 aromatic heterocycles. The number of phenolic OH excluding ortho intramolecular Hbond substituents is 1. The third kappa shape index (κ3) is 4.41. The summed E-state index contributed by atoms with van der Waals surface area (Å²) in [5.41, 5.74) is 2.80. The summed E-state index contributed by atoms with van der Waals surface area (Å²) in [5, 5.41) is 14.4. The van der Waals surface area contributed by atoms with E-state index in [0.29, 0.717) is 11.8 Å². The van der Waals surface area contributed by atoms with Crippen LogP contribution in [0.4, 0.5) is 0 Å². The molecule has 1 atom stereocenters. The fourth-order valence-corrected chi connectivity index (χ4v) is 4.91. The number of ether oxygens (including phenoxy) is 1. The molecule has 2 aromatic rings. The number of likely N-dealkylation sites (tertiary alicyclic amines) is 1. The maximum absolute atomic E-state index is 10.6. The number of benzene rings is 2. The van der Waals surface area contributed by atoms with Gasteiger partial charge in [-0.2, -0.15) is 0 Å². The minimum atomic E-state index is -0.307. The first kappa shape index (κ1) is 21.3. The zero-order valence-corrected chi connectivity index (χ0v) is 19.4. The molecule has 1 saturated heterocycles. The van der Waals surface area contributed by atoms with Gasteiger partial charge in [0.1, 0.15) is 17.2 Å². The average molecular weight is 472 g/mol. The van der Waals surface area contributed by atoms with Crippen LogP contribution in [0.3, 0.4) is 0 Å². The van der Waals surface area contributed by atoms with Gasteiger partial charge in [-0.3, -0.25) is 10.3 Å². The molecule has 1 spiro atoms. The molecule has 160 valence electrons. The second-order valence-electron chi connectivity index (χ2n) is 8.55. The Kier molecular flexibility index (Phi) is 6.19. The number of aromatic hydroxyl groups is 1. The highest BCUT2D eigenvalue weighted by atomic mass is 79.9. The fourth-order valence-electron chi connectivity index (χ4n) is 4.53. The molecule has 2 aliphatic heterocycles. The van der Waals surface area contributed by atoms with Crippen LogP contribution in [0.15, 0.2) is 51.9 Å². The van der Waals surface area contributed by atoms with Gasteiger partial charge in [-0.25, -0.2) is 0 Å². The van der Waals surface area contributed by atoms with Gasteiger partial charge in [0, 0.05) is 47.3 Å². The van der Waals surface area contributed by atoms with Crippen molar-refractivity contribution in [2.45, 2.75) is 50.9 Å². The quantitative estimate of drug-likeness (QED) is 0.666. The summed E-state index contributed by atoms with van der Waals surface area (Å²) in [5.74, 6) is 1.16. The van der Waals surface area contributed by atoms with Crippen molar-refractivity contribution in [3.8, 4) is 11.5 Å². The van der Waals surface area contributed by atoms with E-state index in [-0.39, 0.29) is 11.7 Å². The van der Waals surface area contributed by atoms with E-state index in [1.165, 1.54) is 0 Å². The molecule has 2 heterocycles. The molecule has 1 fully saturated rings. The first-order chi connectivity index (χ1) is 14.4. The number of piperidine rings is 1. The summed E-state index contributed by atoms with van der Waals surface area (Å²) in [6.45, 7) is 6.53. The van der Waals surface area contributed by atoms with Crippen LogP contribution in [0.5, 0.6) is 11.5 Å². The highest BCUT2D eigenvalue weighted by Crippen LogP contribution is 2.38. The molecule has 6 heteroatoms. The molecule has 2 N–H and O–H groups in total. The van der Waals surface area contributed by atoms with Gasteiger partial charge in [0.25, 0.3) is 0 Å². The molecular weight excluding hydrogens is 442 g/mol. The van der Waals surface area contributed by atoms with E-state index in [1.807, 2.05) is 24.3 Å². The molecule has 0 radical (unpaired) electrons. The number of halogens is 1. The highest BCUT2D eigenvalue weighted by Gasteiger charge is 2.40. The normalized spacial score (nSPS) is 21.6. The number of hydrogen-bond acceptors (Lipinski definition) is 5. The van der Waals surface area contributed by atoms with Crippen molar-refractivity contribution in [1.82, 2.24) is 10.2 Å². The Bertz CT molecular complexity index is 919. The molecular formula is C24H30BrN3O2. The number of phenols is 1. The lowest BCUT2D eigenvalue weighted by atomic mass is 9.87. The largest absolute Gasteiger partial charge is 0.508 e. The Morgan fingerprint density at radius 2 is 1.87 bits per heavy atom. The molecule has 4 rings (SSSR count). The Hall–Kier alpha value is -1.89. The third-order valence-corrected chi connectivity index (χ3v) is 6.83. The first-order valence-electron chi connectivity index (χ1n) is 10.6. The average Bonchev–Trinajstić information content (AvgIpc) is 2.75. The molecule has 2 aromatic carbocycles. The van der Waals surface area contributed by atoms with E-state index >= 15 is 0 Å². The van der Waals surface area contributed by atoms with Gasteiger partial charge in [0.15, 0.2) is 0 Å². The van der Waals surface area contributed by atoms with Gasteiger partial charge in [-0.15, -0.1) is 0 Å². The first-order valence-corrected chi connectivity index (χ1v) is 11.4. The van der Waals surface area contributed by atoms with E-state index in [2.05, 4.69) is 52.1 Å². The number of hydrogen-bond donors (Lipinski definition) is 2. The van der Waals surface area contributed by atoms with Gasteiger partial charge in [0.2, 0.25) is 0 Å². The van der Waals surface area contributed by atoms with Crippen molar-refractivity contribution in [1.29, 1.82) is 0 Å². The predicted octanol–water partition coefficient (Wildman–Crippen LogP) is 4.89. The number of methoxy groups -OCH3 is 1. The second kappa shape index (κ2) is 8.69. The zero-order chi connectivity index (χ0) is 21.3. The summed E-state index contributed by atoms with van der Waals surface area (Å²) in [4.78, 5) is 7.77. The topological polar surface area (TPSA) is 57.1 Å². The van der Waals surface area contributed by atoms with Gasteiger partial charge in [-0.1, -0.05) is 15.9 Å². The summed E-state index contributed by atoms with van der Waals surface area (Å²) >= 11 is 3.56. The van der Waals surface area contributed by atoms with Crippen LogP contribution in [0.2, 0.25) is 0 Å². The molecule has 1 unspecified atom stereocenters. The van der Waals surface area contributed by atoms with E-state index in [4.69, 9.17) is 9.73 Å². The minimum absolute atomic E-state index is 0.00250. The number of nitrogens with zero attached hydrogens (tertiary/aromatic N) is 2. The predicted molar refractivity (Wildman–Crippen MR) is 125 cm³/mol. The fraction of sp³-hybridized carbons (Fsp3) is 0.458. The number of aliphatic imine (C=N–C) groups is 1. The minimum Gasteiger partial charge on any atom is -0.508 e. The van der Waals surface area contributed by atoms with E-state index in [9.17, 15) is 5.11 Å². The van der Waals surface area contributed by atoms with Crippen LogP contribution in [-0.2, 0) is 0 Å². The zero-order valence-electron chi connectivity index (χ0n) is 17.9. The highest BCUT2D eigenvalue weighted by molar-refractivity contribution is 9.10. The molecule has 2 aliphatic rings. The van der Waals surface area contributed by atoms with Crippen LogP contribution in [0.1, 0.15) is 50.3 Å². The van der Waals surface area contributed by atoms with Crippen LogP contribution >= 0.6 is 15.9 Å². The van der Waals surface area contributed by atoms with Crippen LogP contribution in [-0.4, -0.2) is 47.6 Å². The lowest BCUT2D eigenvalue weighted by Crippen LogP contribution is -2.56. The molecule has 0 bridgehead atoms. The lowest BCUT2D eigenvalue weighted by Gasteiger charge is -2.46. The van der Waals surface area contributed by atoms with Crippen molar-refractivity contribution < 1.29 is 9.84 Å². The monoisotopic (exact) mass is 471 g/mol. The summed E-state index contributed by atoms with van der Waals surface area (Å²) < 4.78 is 6.29. The summed E-state index contributed by atoms with van der Waals surface area (Å²) in [6.07, 6.45) is 2.64. The van der Waals surface area contributed by atoms with E-state index in [0.717, 1.165) is 59.4 Å². The Morgan fingerprint density at radius 1 is 1.17 bits per heavy atom. The third-order valence-electron chi connectivity index (χ3n) is 6.33. The molecule has 0 aliphatic carbocycles. The van der Waals surface area contributed by atoms with E-state index < -0.39 is 0 Å². The van der Waals surface area contributed by atoms with Crippen molar-refractivity contribution >= 4 is 21.6 Å². The molecule has 5 nitrogen and oxygen atoms in total. The second-order valence-corrected chi connectivity index (χ2v) is 9.47. The standard InChI is InChI=1S/C24H30BrN3O2/c1-16(2)28-12-10-24(11-13-28)26-21(17-4-7-19(30-3)8-5-17)15-22(27-24)20-14-18(25)6-9-23(20)29/h4-9,14,16,22,27,29H,10-13,15H2,1-3H3. The van der Waals surface area contributed by atoms with Crippen molar-refractivity contribution in [2.24, 2.45) is 4.99 Å². The van der Waals surface area contributed by atoms with Gasteiger partial charge < -0.3 is 14.7 Å². The van der Waals surface area contributed by atoms with Crippen molar-refractivity contribution in [3.05, 3.63) is 58.1 Å². The SMILES string of the molecule is COc1ccc(C2=NC3(CCN(C(C)C)CC3)NC(c3cc(Br)ccc3O)C2)cc1. The van der Waals surface area contributed by atoms with Crippen molar-refractivity contribution in [3.63, 3.8) is 0 Å². The van der Waals surface area contributed by atoms with Gasteiger partial charge in [0.05, 0.1) is 7.11 Å². The Labute approximate surface area is 187 Å².